The van der Waals surface area contributed by atoms with Crippen LogP contribution in [-0.2, 0) is 11.2 Å². The molecule has 0 aliphatic rings. The van der Waals surface area contributed by atoms with E-state index >= 15 is 0 Å². The summed E-state index contributed by atoms with van der Waals surface area (Å²) in [6.07, 6.45) is 0.649. The van der Waals surface area contributed by atoms with E-state index < -0.39 is 0 Å². The summed E-state index contributed by atoms with van der Waals surface area (Å²) in [5.74, 6) is 0.394. The van der Waals surface area contributed by atoms with Crippen molar-refractivity contribution in [2.24, 2.45) is 11.8 Å². The third-order valence-electron chi connectivity index (χ3n) is 3.04. The zero-order valence-corrected chi connectivity index (χ0v) is 10.7. The molecule has 0 aliphatic carbocycles. The van der Waals surface area contributed by atoms with Crippen molar-refractivity contribution < 1.29 is 9.90 Å². The molecule has 3 heteroatoms. The van der Waals surface area contributed by atoms with Crippen molar-refractivity contribution in [3.63, 3.8) is 0 Å². The van der Waals surface area contributed by atoms with Crippen LogP contribution in [0.3, 0.4) is 0 Å². The zero-order valence-electron chi connectivity index (χ0n) is 10.7. The molecule has 94 valence electrons. The molecule has 0 saturated heterocycles. The number of amides is 1. The van der Waals surface area contributed by atoms with Crippen molar-refractivity contribution in [2.75, 3.05) is 11.9 Å². The molecule has 0 saturated carbocycles. The van der Waals surface area contributed by atoms with E-state index in [9.17, 15) is 4.79 Å². The van der Waals surface area contributed by atoms with Crippen LogP contribution in [0, 0.1) is 11.8 Å². The van der Waals surface area contributed by atoms with Gasteiger partial charge in [0, 0.05) is 18.2 Å². The number of hydrogen-bond acceptors (Lipinski definition) is 2. The highest BCUT2D eigenvalue weighted by molar-refractivity contribution is 5.92. The minimum Gasteiger partial charge on any atom is -0.396 e. The molecule has 1 aromatic carbocycles. The number of nitrogens with one attached hydrogen (secondary N) is 1. The lowest BCUT2D eigenvalue weighted by molar-refractivity contribution is -0.120. The Hall–Kier alpha value is -1.35. The van der Waals surface area contributed by atoms with Gasteiger partial charge in [0.25, 0.3) is 0 Å². The molecule has 1 amide bonds. The molecule has 0 aromatic heterocycles. The number of anilines is 1. The molecule has 1 rings (SSSR count). The number of carbonyl (C=O) groups is 1. The summed E-state index contributed by atoms with van der Waals surface area (Å²) in [6, 6.07) is 7.59. The van der Waals surface area contributed by atoms with E-state index in [1.165, 1.54) is 0 Å². The second kappa shape index (κ2) is 6.40. The van der Waals surface area contributed by atoms with Crippen LogP contribution in [-0.4, -0.2) is 17.6 Å². The lowest BCUT2D eigenvalue weighted by Gasteiger charge is -2.15. The van der Waals surface area contributed by atoms with Crippen LogP contribution in [0.4, 0.5) is 5.69 Å². The van der Waals surface area contributed by atoms with E-state index in [1.54, 1.807) is 0 Å². The average Bonchev–Trinajstić information content (AvgIpc) is 2.30. The van der Waals surface area contributed by atoms with Crippen molar-refractivity contribution in [3.05, 3.63) is 29.8 Å². The van der Waals surface area contributed by atoms with Gasteiger partial charge in [-0.25, -0.2) is 0 Å². The summed E-state index contributed by atoms with van der Waals surface area (Å²) < 4.78 is 0. The van der Waals surface area contributed by atoms with Gasteiger partial charge in [0.05, 0.1) is 0 Å². The van der Waals surface area contributed by atoms with Gasteiger partial charge in [-0.15, -0.1) is 0 Å². The van der Waals surface area contributed by atoms with E-state index in [4.69, 9.17) is 5.11 Å². The van der Waals surface area contributed by atoms with Crippen LogP contribution in [0.25, 0.3) is 0 Å². The molecule has 1 atom stereocenters. The monoisotopic (exact) mass is 235 g/mol. The first-order chi connectivity index (χ1) is 8.04. The molecular weight excluding hydrogens is 214 g/mol. The van der Waals surface area contributed by atoms with E-state index in [0.717, 1.165) is 11.3 Å². The highest BCUT2D eigenvalue weighted by Gasteiger charge is 2.16. The normalized spacial score (nSPS) is 12.5. The molecule has 2 N–H and O–H groups in total. The van der Waals surface area contributed by atoms with Crippen LogP contribution in [0.15, 0.2) is 24.3 Å². The fourth-order valence-corrected chi connectivity index (χ4v) is 1.44. The van der Waals surface area contributed by atoms with Gasteiger partial charge in [0.15, 0.2) is 0 Å². The van der Waals surface area contributed by atoms with Crippen LogP contribution in [0.1, 0.15) is 26.3 Å². The highest BCUT2D eigenvalue weighted by atomic mass is 16.2. The Kier molecular flexibility index (Phi) is 5.16. The number of hydrogen-bond donors (Lipinski definition) is 2. The molecule has 17 heavy (non-hydrogen) atoms. The van der Waals surface area contributed by atoms with Gasteiger partial charge in [0.2, 0.25) is 5.91 Å². The summed E-state index contributed by atoms with van der Waals surface area (Å²) >= 11 is 0. The van der Waals surface area contributed by atoms with Gasteiger partial charge in [-0.1, -0.05) is 32.9 Å². The predicted molar refractivity (Wildman–Crippen MR) is 69.9 cm³/mol. The highest BCUT2D eigenvalue weighted by Crippen LogP contribution is 2.15. The third kappa shape index (κ3) is 4.19. The molecule has 3 nitrogen and oxygen atoms in total. The lowest BCUT2D eigenvalue weighted by atomic mass is 9.97. The molecule has 0 radical (unpaired) electrons. The van der Waals surface area contributed by atoms with Crippen molar-refractivity contribution >= 4 is 11.6 Å². The summed E-state index contributed by atoms with van der Waals surface area (Å²) in [5, 5.41) is 11.7. The summed E-state index contributed by atoms with van der Waals surface area (Å²) in [7, 11) is 0. The van der Waals surface area contributed by atoms with Crippen molar-refractivity contribution in [1.29, 1.82) is 0 Å². The first-order valence-corrected chi connectivity index (χ1v) is 6.05. The summed E-state index contributed by atoms with van der Waals surface area (Å²) in [6.45, 7) is 6.15. The largest absolute Gasteiger partial charge is 0.396 e. The van der Waals surface area contributed by atoms with Crippen LogP contribution >= 0.6 is 0 Å². The van der Waals surface area contributed by atoms with E-state index in [1.807, 2.05) is 45.0 Å². The Balaban J connectivity index is 2.60. The van der Waals surface area contributed by atoms with Gasteiger partial charge in [-0.2, -0.15) is 0 Å². The predicted octanol–water partition coefficient (Wildman–Crippen LogP) is 2.45. The lowest BCUT2D eigenvalue weighted by Crippen LogP contribution is -2.24. The van der Waals surface area contributed by atoms with Gasteiger partial charge < -0.3 is 10.4 Å². The van der Waals surface area contributed by atoms with Gasteiger partial charge in [-0.3, -0.25) is 4.79 Å². The van der Waals surface area contributed by atoms with Crippen molar-refractivity contribution in [2.45, 2.75) is 27.2 Å². The number of benzene rings is 1. The van der Waals surface area contributed by atoms with Crippen LogP contribution in [0.5, 0.6) is 0 Å². The molecule has 0 heterocycles. The Morgan fingerprint density at radius 3 is 2.29 bits per heavy atom. The number of aliphatic hydroxyl groups excluding tert-OH is 1. The van der Waals surface area contributed by atoms with E-state index in [2.05, 4.69) is 5.32 Å². The minimum atomic E-state index is 0.00659. The fraction of sp³-hybridized carbons (Fsp3) is 0.500. The third-order valence-corrected chi connectivity index (χ3v) is 3.04. The van der Waals surface area contributed by atoms with Gasteiger partial charge >= 0.3 is 0 Å². The summed E-state index contributed by atoms with van der Waals surface area (Å²) in [4.78, 5) is 11.8. The molecule has 0 aliphatic heterocycles. The SMILES string of the molecule is CC(C)C(C)C(=O)Nc1ccc(CCO)cc1. The fourth-order valence-electron chi connectivity index (χ4n) is 1.44. The molecule has 1 unspecified atom stereocenters. The van der Waals surface area contributed by atoms with E-state index in [0.29, 0.717) is 12.3 Å². The number of rotatable bonds is 5. The van der Waals surface area contributed by atoms with Crippen LogP contribution in [0.2, 0.25) is 0 Å². The van der Waals surface area contributed by atoms with Crippen molar-refractivity contribution in [3.8, 4) is 0 Å². The molecule has 0 bridgehead atoms. The number of carbonyl (C=O) groups excluding carboxylic acids is 1. The maximum absolute atomic E-state index is 11.8. The first kappa shape index (κ1) is 13.7. The Morgan fingerprint density at radius 1 is 1.24 bits per heavy atom. The zero-order chi connectivity index (χ0) is 12.8. The molecular formula is C14H21NO2. The topological polar surface area (TPSA) is 49.3 Å². The Bertz CT molecular complexity index is 357. The van der Waals surface area contributed by atoms with E-state index in [-0.39, 0.29) is 18.4 Å². The second-order valence-electron chi connectivity index (χ2n) is 4.69. The smallest absolute Gasteiger partial charge is 0.227 e. The number of aliphatic hydroxyl groups is 1. The average molecular weight is 235 g/mol. The second-order valence-corrected chi connectivity index (χ2v) is 4.69. The van der Waals surface area contributed by atoms with Gasteiger partial charge in [0.1, 0.15) is 0 Å². The molecule has 0 spiro atoms. The maximum atomic E-state index is 11.8. The Labute approximate surface area is 103 Å². The first-order valence-electron chi connectivity index (χ1n) is 6.05. The molecule has 1 aromatic rings. The quantitative estimate of drug-likeness (QED) is 0.823. The minimum absolute atomic E-state index is 0.00659. The maximum Gasteiger partial charge on any atom is 0.227 e. The van der Waals surface area contributed by atoms with Gasteiger partial charge in [-0.05, 0) is 30.0 Å². The van der Waals surface area contributed by atoms with Crippen LogP contribution < -0.4 is 5.32 Å². The van der Waals surface area contributed by atoms with Crippen molar-refractivity contribution in [1.82, 2.24) is 0 Å². The summed E-state index contributed by atoms with van der Waals surface area (Å²) in [5.41, 5.74) is 1.88. The Morgan fingerprint density at radius 2 is 1.82 bits per heavy atom. The standard InChI is InChI=1S/C14H21NO2/c1-10(2)11(3)14(17)15-13-6-4-12(5-7-13)8-9-16/h4-7,10-11,16H,8-9H2,1-3H3,(H,15,17). The molecule has 0 fully saturated rings.